The van der Waals surface area contributed by atoms with Crippen LogP contribution in [0.3, 0.4) is 0 Å². The van der Waals surface area contributed by atoms with Crippen LogP contribution in [0.4, 0.5) is 0 Å². The van der Waals surface area contributed by atoms with Gasteiger partial charge in [-0.15, -0.1) is 0 Å². The predicted octanol–water partition coefficient (Wildman–Crippen LogP) is 0.988. The first-order valence-corrected chi connectivity index (χ1v) is 8.16. The minimum Gasteiger partial charge on any atom is -0.477 e. The fraction of sp³-hybridized carbons (Fsp3) is 0.538. The summed E-state index contributed by atoms with van der Waals surface area (Å²) < 4.78 is 24.6. The third kappa shape index (κ3) is 3.69. The number of pyridine rings is 1. The Labute approximate surface area is 118 Å². The molecule has 6 nitrogen and oxygen atoms in total. The third-order valence-electron chi connectivity index (χ3n) is 3.06. The number of aryl methyl sites for hydroxylation is 2. The molecule has 1 aromatic rings. The molecule has 0 aliphatic rings. The van der Waals surface area contributed by atoms with Crippen molar-refractivity contribution in [3.05, 3.63) is 33.2 Å². The van der Waals surface area contributed by atoms with Gasteiger partial charge in [-0.3, -0.25) is 4.79 Å². The molecule has 0 aliphatic carbocycles. The van der Waals surface area contributed by atoms with Crippen LogP contribution in [-0.4, -0.2) is 35.6 Å². The van der Waals surface area contributed by atoms with Crippen LogP contribution in [0.1, 0.15) is 35.0 Å². The van der Waals surface area contributed by atoms with E-state index in [0.29, 0.717) is 17.7 Å². The van der Waals surface area contributed by atoms with Crippen molar-refractivity contribution in [1.82, 2.24) is 4.57 Å². The molecular formula is C13H19NO5S. The van der Waals surface area contributed by atoms with E-state index >= 15 is 0 Å². The maximum Gasteiger partial charge on any atom is 0.341 e. The largest absolute Gasteiger partial charge is 0.477 e. The summed E-state index contributed by atoms with van der Waals surface area (Å²) in [4.78, 5) is 23.2. The van der Waals surface area contributed by atoms with E-state index in [-0.39, 0.29) is 23.6 Å². The molecule has 0 aliphatic heterocycles. The molecule has 1 heterocycles. The Morgan fingerprint density at radius 2 is 1.90 bits per heavy atom. The van der Waals surface area contributed by atoms with Gasteiger partial charge in [-0.1, -0.05) is 6.92 Å². The number of carboxylic acid groups (broad SMARTS) is 1. The molecule has 0 fully saturated rings. The number of nitrogens with zero attached hydrogens (tertiary/aromatic N) is 1. The Bertz CT molecular complexity index is 673. The van der Waals surface area contributed by atoms with E-state index < -0.39 is 21.4 Å². The number of rotatable bonds is 6. The van der Waals surface area contributed by atoms with Crippen LogP contribution in [0.2, 0.25) is 0 Å². The lowest BCUT2D eigenvalue weighted by Gasteiger charge is -2.12. The molecule has 0 bridgehead atoms. The predicted molar refractivity (Wildman–Crippen MR) is 76.1 cm³/mol. The summed E-state index contributed by atoms with van der Waals surface area (Å²) in [6.07, 6.45) is 0.518. The molecule has 0 saturated heterocycles. The van der Waals surface area contributed by atoms with Crippen LogP contribution in [0.5, 0.6) is 0 Å². The zero-order valence-electron chi connectivity index (χ0n) is 11.8. The highest BCUT2D eigenvalue weighted by Crippen LogP contribution is 2.07. The first-order valence-electron chi connectivity index (χ1n) is 6.34. The van der Waals surface area contributed by atoms with Gasteiger partial charge in [0.1, 0.15) is 5.56 Å². The van der Waals surface area contributed by atoms with Crippen molar-refractivity contribution >= 4 is 15.8 Å². The molecule has 0 radical (unpaired) electrons. The number of sulfone groups is 1. The Balaban J connectivity index is 3.18. The summed E-state index contributed by atoms with van der Waals surface area (Å²) in [6.45, 7) is 4.96. The molecule has 0 atom stereocenters. The summed E-state index contributed by atoms with van der Waals surface area (Å²) in [6, 6.07) is 1.58. The lowest BCUT2D eigenvalue weighted by Crippen LogP contribution is -2.31. The summed E-state index contributed by atoms with van der Waals surface area (Å²) in [7, 11) is -3.21. The van der Waals surface area contributed by atoms with Crippen LogP contribution in [0, 0.1) is 13.8 Å². The second kappa shape index (κ2) is 6.21. The van der Waals surface area contributed by atoms with Crippen LogP contribution in [0.25, 0.3) is 0 Å². The van der Waals surface area contributed by atoms with Gasteiger partial charge in [-0.2, -0.15) is 0 Å². The molecule has 0 unspecified atom stereocenters. The van der Waals surface area contributed by atoms with Gasteiger partial charge in [0.15, 0.2) is 9.84 Å². The molecule has 0 amide bonds. The Hall–Kier alpha value is -1.63. The van der Waals surface area contributed by atoms with Gasteiger partial charge in [0.2, 0.25) is 0 Å². The van der Waals surface area contributed by atoms with E-state index in [1.54, 1.807) is 26.8 Å². The zero-order valence-corrected chi connectivity index (χ0v) is 12.7. The smallest absolute Gasteiger partial charge is 0.341 e. The van der Waals surface area contributed by atoms with Crippen molar-refractivity contribution < 1.29 is 18.3 Å². The van der Waals surface area contributed by atoms with Crippen molar-refractivity contribution in [3.63, 3.8) is 0 Å². The second-order valence-electron chi connectivity index (χ2n) is 4.76. The van der Waals surface area contributed by atoms with Gasteiger partial charge in [0.25, 0.3) is 5.56 Å². The highest BCUT2D eigenvalue weighted by molar-refractivity contribution is 7.91. The van der Waals surface area contributed by atoms with Gasteiger partial charge in [0, 0.05) is 18.0 Å². The molecule has 0 spiro atoms. The minimum atomic E-state index is -3.21. The zero-order chi connectivity index (χ0) is 15.5. The minimum absolute atomic E-state index is 0.0203. The average molecular weight is 301 g/mol. The van der Waals surface area contributed by atoms with Gasteiger partial charge in [-0.25, -0.2) is 13.2 Å². The van der Waals surface area contributed by atoms with E-state index in [9.17, 15) is 18.0 Å². The Morgan fingerprint density at radius 1 is 1.30 bits per heavy atom. The van der Waals surface area contributed by atoms with Crippen molar-refractivity contribution in [2.24, 2.45) is 0 Å². The summed E-state index contributed by atoms with van der Waals surface area (Å²) in [5.41, 5.74) is -0.0120. The molecule has 0 saturated carbocycles. The maximum absolute atomic E-state index is 12.1. The third-order valence-corrected chi connectivity index (χ3v) is 4.89. The number of aromatic nitrogens is 1. The van der Waals surface area contributed by atoms with Crippen LogP contribution in [0.15, 0.2) is 10.9 Å². The van der Waals surface area contributed by atoms with Crippen molar-refractivity contribution in [3.8, 4) is 0 Å². The normalized spacial score (nSPS) is 11.6. The molecular weight excluding hydrogens is 282 g/mol. The molecule has 1 N–H and O–H groups in total. The number of hydrogen-bond acceptors (Lipinski definition) is 4. The van der Waals surface area contributed by atoms with Crippen LogP contribution >= 0.6 is 0 Å². The molecule has 20 heavy (non-hydrogen) atoms. The highest BCUT2D eigenvalue weighted by Gasteiger charge is 2.18. The lowest BCUT2D eigenvalue weighted by molar-refractivity contribution is 0.0693. The summed E-state index contributed by atoms with van der Waals surface area (Å²) in [5, 5.41) is 9.04. The Kier molecular flexibility index (Phi) is 5.10. The topological polar surface area (TPSA) is 93.4 Å². The van der Waals surface area contributed by atoms with Crippen molar-refractivity contribution in [1.29, 1.82) is 0 Å². The van der Waals surface area contributed by atoms with Gasteiger partial charge in [0.05, 0.1) is 5.75 Å². The Morgan fingerprint density at radius 3 is 2.40 bits per heavy atom. The summed E-state index contributed by atoms with van der Waals surface area (Å²) in [5.74, 6) is -1.39. The number of hydrogen-bond donors (Lipinski definition) is 1. The summed E-state index contributed by atoms with van der Waals surface area (Å²) >= 11 is 0. The average Bonchev–Trinajstić information content (AvgIpc) is 2.26. The fourth-order valence-corrected chi connectivity index (χ4v) is 3.40. The maximum atomic E-state index is 12.1. The van der Waals surface area contributed by atoms with Gasteiger partial charge < -0.3 is 9.67 Å². The molecule has 7 heteroatoms. The number of aromatic carboxylic acids is 1. The van der Waals surface area contributed by atoms with Gasteiger partial charge in [-0.05, 0) is 31.9 Å². The van der Waals surface area contributed by atoms with Crippen LogP contribution < -0.4 is 5.56 Å². The van der Waals surface area contributed by atoms with Gasteiger partial charge >= 0.3 is 5.97 Å². The number of carboxylic acids is 1. The first kappa shape index (κ1) is 16.4. The van der Waals surface area contributed by atoms with E-state index in [1.807, 2.05) is 0 Å². The molecule has 1 rings (SSSR count). The van der Waals surface area contributed by atoms with E-state index in [0.717, 1.165) is 0 Å². The monoisotopic (exact) mass is 301 g/mol. The molecule has 112 valence electrons. The van der Waals surface area contributed by atoms with Crippen LogP contribution in [-0.2, 0) is 16.4 Å². The van der Waals surface area contributed by atoms with Crippen molar-refractivity contribution in [2.45, 2.75) is 33.7 Å². The standard InChI is InChI=1S/C13H19NO5S/c1-4-6-20(18,19)7-5-14-10(3)8-9(2)11(12(14)15)13(16)17/h8H,4-7H2,1-3H3,(H,16,17). The number of carbonyl (C=O) groups is 1. The molecule has 0 aromatic carbocycles. The quantitative estimate of drug-likeness (QED) is 0.845. The highest BCUT2D eigenvalue weighted by atomic mass is 32.2. The van der Waals surface area contributed by atoms with Crippen molar-refractivity contribution in [2.75, 3.05) is 11.5 Å². The second-order valence-corrected chi connectivity index (χ2v) is 7.06. The van der Waals surface area contributed by atoms with E-state index in [4.69, 9.17) is 5.11 Å². The molecule has 1 aromatic heterocycles. The van der Waals surface area contributed by atoms with E-state index in [1.165, 1.54) is 4.57 Å². The fourth-order valence-electron chi connectivity index (χ4n) is 2.11. The first-order chi connectivity index (χ1) is 9.19. The lowest BCUT2D eigenvalue weighted by atomic mass is 10.1. The SMILES string of the molecule is CCCS(=O)(=O)CCn1c(C)cc(C)c(C(=O)O)c1=O. The van der Waals surface area contributed by atoms with E-state index in [2.05, 4.69) is 0 Å².